The maximum absolute atomic E-state index is 13.0. The predicted molar refractivity (Wildman–Crippen MR) is 84.7 cm³/mol. The van der Waals surface area contributed by atoms with Crippen molar-refractivity contribution in [3.05, 3.63) is 27.6 Å². The fraction of sp³-hybridized carbons (Fsp3) is 0.429. The first-order valence-corrected chi connectivity index (χ1v) is 7.70. The SMILES string of the molecule is O=C(O)CC1(CNC(=O)Nc2ccc(F)cc2I)CCC1. The number of halogens is 2. The maximum Gasteiger partial charge on any atom is 0.319 e. The van der Waals surface area contributed by atoms with Gasteiger partial charge in [-0.3, -0.25) is 4.79 Å². The summed E-state index contributed by atoms with van der Waals surface area (Å²) in [7, 11) is 0. The molecule has 0 atom stereocenters. The average molecular weight is 406 g/mol. The minimum Gasteiger partial charge on any atom is -0.481 e. The number of hydrogen-bond acceptors (Lipinski definition) is 2. The third-order valence-electron chi connectivity index (χ3n) is 3.74. The summed E-state index contributed by atoms with van der Waals surface area (Å²) in [5.74, 6) is -1.20. The van der Waals surface area contributed by atoms with Crippen molar-refractivity contribution in [1.29, 1.82) is 0 Å². The van der Waals surface area contributed by atoms with E-state index in [4.69, 9.17) is 5.11 Å². The van der Waals surface area contributed by atoms with Crippen molar-refractivity contribution < 1.29 is 19.1 Å². The number of carboxylic acids is 1. The molecular formula is C14H16FIN2O3. The Bertz CT molecular complexity index is 561. The second-order valence-electron chi connectivity index (χ2n) is 5.36. The van der Waals surface area contributed by atoms with Crippen LogP contribution in [0.1, 0.15) is 25.7 Å². The Morgan fingerprint density at radius 1 is 1.38 bits per heavy atom. The molecule has 0 spiro atoms. The maximum atomic E-state index is 13.0. The number of rotatable bonds is 5. The Balaban J connectivity index is 1.88. The summed E-state index contributed by atoms with van der Waals surface area (Å²) < 4.78 is 13.6. The van der Waals surface area contributed by atoms with Gasteiger partial charge >= 0.3 is 12.0 Å². The zero-order valence-electron chi connectivity index (χ0n) is 11.3. The molecule has 2 rings (SSSR count). The summed E-state index contributed by atoms with van der Waals surface area (Å²) >= 11 is 1.94. The second-order valence-corrected chi connectivity index (χ2v) is 6.52. The van der Waals surface area contributed by atoms with Crippen LogP contribution in [-0.2, 0) is 4.79 Å². The van der Waals surface area contributed by atoms with Crippen LogP contribution >= 0.6 is 22.6 Å². The quantitative estimate of drug-likeness (QED) is 0.658. The molecule has 2 amide bonds. The number of hydrogen-bond donors (Lipinski definition) is 3. The van der Waals surface area contributed by atoms with Crippen LogP contribution in [0.25, 0.3) is 0 Å². The van der Waals surface area contributed by atoms with Gasteiger partial charge in [0, 0.05) is 10.1 Å². The molecule has 0 bridgehead atoms. The molecule has 0 saturated heterocycles. The number of anilines is 1. The largest absolute Gasteiger partial charge is 0.481 e. The average Bonchev–Trinajstić information content (AvgIpc) is 2.35. The number of nitrogens with one attached hydrogen (secondary N) is 2. The van der Waals surface area contributed by atoms with Crippen molar-refractivity contribution >= 4 is 40.3 Å². The van der Waals surface area contributed by atoms with Gasteiger partial charge in [-0.25, -0.2) is 9.18 Å². The third-order valence-corrected chi connectivity index (χ3v) is 4.64. The fourth-order valence-corrected chi connectivity index (χ4v) is 3.05. The molecule has 1 aromatic carbocycles. The Labute approximate surface area is 135 Å². The second kappa shape index (κ2) is 6.59. The number of amides is 2. The zero-order chi connectivity index (χ0) is 15.5. The first-order valence-electron chi connectivity index (χ1n) is 6.62. The molecule has 1 saturated carbocycles. The van der Waals surface area contributed by atoms with Gasteiger partial charge < -0.3 is 15.7 Å². The van der Waals surface area contributed by atoms with Crippen molar-refractivity contribution in [2.75, 3.05) is 11.9 Å². The van der Waals surface area contributed by atoms with Gasteiger partial charge in [0.15, 0.2) is 0 Å². The standard InChI is InChI=1S/C14H16FIN2O3/c15-9-2-3-11(10(16)6-9)18-13(21)17-8-14(4-1-5-14)7-12(19)20/h2-3,6H,1,4-5,7-8H2,(H,19,20)(H2,17,18,21). The van der Waals surface area contributed by atoms with E-state index < -0.39 is 12.0 Å². The summed E-state index contributed by atoms with van der Waals surface area (Å²) in [6.07, 6.45) is 2.69. The molecule has 0 heterocycles. The van der Waals surface area contributed by atoms with Crippen LogP contribution in [0, 0.1) is 14.8 Å². The molecule has 0 aromatic heterocycles. The molecule has 114 valence electrons. The molecule has 1 fully saturated rings. The van der Waals surface area contributed by atoms with Gasteiger partial charge in [0.05, 0.1) is 12.1 Å². The molecule has 1 aliphatic rings. The Morgan fingerprint density at radius 3 is 2.62 bits per heavy atom. The van der Waals surface area contributed by atoms with Crippen molar-refractivity contribution in [3.63, 3.8) is 0 Å². The summed E-state index contributed by atoms with van der Waals surface area (Å²) in [5.41, 5.74) is 0.203. The van der Waals surface area contributed by atoms with Gasteiger partial charge in [-0.05, 0) is 59.0 Å². The van der Waals surface area contributed by atoms with Crippen LogP contribution in [0.5, 0.6) is 0 Å². The van der Waals surface area contributed by atoms with Crippen LogP contribution in [0.3, 0.4) is 0 Å². The van der Waals surface area contributed by atoms with Crippen LogP contribution in [0.4, 0.5) is 14.9 Å². The minimum absolute atomic E-state index is 0.0708. The highest BCUT2D eigenvalue weighted by Gasteiger charge is 2.39. The fourth-order valence-electron chi connectivity index (χ4n) is 2.44. The molecule has 5 nitrogen and oxygen atoms in total. The summed E-state index contributed by atoms with van der Waals surface area (Å²) in [5, 5.41) is 14.3. The number of carboxylic acid groups (broad SMARTS) is 1. The molecule has 3 N–H and O–H groups in total. The minimum atomic E-state index is -0.843. The Hall–Kier alpha value is -1.38. The Morgan fingerprint density at radius 2 is 2.10 bits per heavy atom. The highest BCUT2D eigenvalue weighted by Crippen LogP contribution is 2.43. The lowest BCUT2D eigenvalue weighted by molar-refractivity contribution is -0.141. The van der Waals surface area contributed by atoms with E-state index in [0.717, 1.165) is 19.3 Å². The van der Waals surface area contributed by atoms with Gasteiger partial charge in [-0.15, -0.1) is 0 Å². The highest BCUT2D eigenvalue weighted by atomic mass is 127. The number of aliphatic carboxylic acids is 1. The lowest BCUT2D eigenvalue weighted by atomic mass is 9.66. The molecule has 0 radical (unpaired) electrons. The number of carbonyl (C=O) groups excluding carboxylic acids is 1. The van der Waals surface area contributed by atoms with Gasteiger partial charge in [0.2, 0.25) is 0 Å². The molecule has 7 heteroatoms. The predicted octanol–water partition coefficient (Wildman–Crippen LogP) is 3.20. The summed E-state index contributed by atoms with van der Waals surface area (Å²) in [6, 6.07) is 3.69. The molecule has 21 heavy (non-hydrogen) atoms. The van der Waals surface area contributed by atoms with Crippen molar-refractivity contribution in [1.82, 2.24) is 5.32 Å². The summed E-state index contributed by atoms with van der Waals surface area (Å²) in [4.78, 5) is 22.7. The monoisotopic (exact) mass is 406 g/mol. The zero-order valence-corrected chi connectivity index (χ0v) is 13.4. The number of urea groups is 1. The highest BCUT2D eigenvalue weighted by molar-refractivity contribution is 14.1. The van der Waals surface area contributed by atoms with Crippen molar-refractivity contribution in [2.45, 2.75) is 25.7 Å². The van der Waals surface area contributed by atoms with Crippen LogP contribution in [0.15, 0.2) is 18.2 Å². The van der Waals surface area contributed by atoms with Gasteiger partial charge in [0.25, 0.3) is 0 Å². The van der Waals surface area contributed by atoms with Crippen LogP contribution < -0.4 is 10.6 Å². The first-order chi connectivity index (χ1) is 9.90. The van der Waals surface area contributed by atoms with E-state index >= 15 is 0 Å². The van der Waals surface area contributed by atoms with Crippen molar-refractivity contribution in [2.24, 2.45) is 5.41 Å². The van der Waals surface area contributed by atoms with Gasteiger partial charge in [0.1, 0.15) is 5.82 Å². The van der Waals surface area contributed by atoms with Crippen LogP contribution in [-0.4, -0.2) is 23.7 Å². The first kappa shape index (κ1) is 16.0. The van der Waals surface area contributed by atoms with E-state index in [1.807, 2.05) is 22.6 Å². The number of carbonyl (C=O) groups is 2. The van der Waals surface area contributed by atoms with E-state index in [1.54, 1.807) is 0 Å². The van der Waals surface area contributed by atoms with Crippen molar-refractivity contribution in [3.8, 4) is 0 Å². The van der Waals surface area contributed by atoms with E-state index in [1.165, 1.54) is 18.2 Å². The lowest BCUT2D eigenvalue weighted by Gasteiger charge is -2.40. The molecule has 1 aromatic rings. The molecular weight excluding hydrogens is 390 g/mol. The van der Waals surface area contributed by atoms with Gasteiger partial charge in [-0.2, -0.15) is 0 Å². The van der Waals surface area contributed by atoms with Crippen LogP contribution in [0.2, 0.25) is 0 Å². The Kier molecular flexibility index (Phi) is 5.02. The van der Waals surface area contributed by atoms with E-state index in [9.17, 15) is 14.0 Å². The molecule has 1 aliphatic carbocycles. The topological polar surface area (TPSA) is 78.4 Å². The molecule has 0 unspecified atom stereocenters. The van der Waals surface area contributed by atoms with E-state index in [-0.39, 0.29) is 17.7 Å². The smallest absolute Gasteiger partial charge is 0.319 e. The van der Waals surface area contributed by atoms with E-state index in [0.29, 0.717) is 15.8 Å². The number of benzene rings is 1. The normalized spacial score (nSPS) is 15.9. The third kappa shape index (κ3) is 4.29. The lowest BCUT2D eigenvalue weighted by Crippen LogP contribution is -2.44. The summed E-state index contributed by atoms with van der Waals surface area (Å²) in [6.45, 7) is 0.336. The molecule has 0 aliphatic heterocycles. The van der Waals surface area contributed by atoms with Gasteiger partial charge in [-0.1, -0.05) is 6.42 Å². The van der Waals surface area contributed by atoms with E-state index in [2.05, 4.69) is 10.6 Å².